The quantitative estimate of drug-likeness (QED) is 0.706. The van der Waals surface area contributed by atoms with E-state index < -0.39 is 5.54 Å². The predicted octanol–water partition coefficient (Wildman–Crippen LogP) is 1.11. The molecule has 0 aromatic carbocycles. The molecule has 2 amide bonds. The molecule has 0 aliphatic carbocycles. The normalized spacial score (nSPS) is 24.6. The number of nitrogens with one attached hydrogen (secondary N) is 1. The van der Waals surface area contributed by atoms with Gasteiger partial charge in [-0.3, -0.25) is 9.59 Å². The maximum absolute atomic E-state index is 13.0. The van der Waals surface area contributed by atoms with Crippen LogP contribution in [0.5, 0.6) is 0 Å². The van der Waals surface area contributed by atoms with Crippen molar-refractivity contribution in [3.63, 3.8) is 0 Å². The van der Waals surface area contributed by atoms with Crippen LogP contribution in [0.25, 0.3) is 0 Å². The van der Waals surface area contributed by atoms with Crippen LogP contribution in [0, 0.1) is 11.8 Å². The summed E-state index contributed by atoms with van der Waals surface area (Å²) in [5, 5.41) is 2.99. The van der Waals surface area contributed by atoms with E-state index in [-0.39, 0.29) is 11.8 Å². The van der Waals surface area contributed by atoms with E-state index in [1.165, 1.54) is 0 Å². The topological polar surface area (TPSA) is 61.9 Å². The molecule has 0 spiro atoms. The van der Waals surface area contributed by atoms with Crippen LogP contribution in [-0.4, -0.2) is 74.1 Å². The molecule has 2 aliphatic heterocycles. The van der Waals surface area contributed by atoms with E-state index in [2.05, 4.69) is 31.1 Å². The molecule has 2 saturated heterocycles. The Morgan fingerprint density at radius 2 is 2.04 bits per heavy atom. The summed E-state index contributed by atoms with van der Waals surface area (Å²) in [7, 11) is 3.69. The standard InChI is InChI=1S/C18H33N3O3/c1-14(2)11-15-12-16(22)21(13-15)18(5-8-20(3)9-6-18)17(23)19-7-10-24-4/h14-15H,5-13H2,1-4H3,(H,19,23)/t15-/m0/s1. The first kappa shape index (κ1) is 19.2. The number of carbonyl (C=O) groups excluding carboxylic acids is 2. The zero-order valence-corrected chi connectivity index (χ0v) is 15.6. The van der Waals surface area contributed by atoms with Crippen molar-refractivity contribution in [1.82, 2.24) is 15.1 Å². The third-order valence-electron chi connectivity index (χ3n) is 5.36. The lowest BCUT2D eigenvalue weighted by atomic mass is 9.84. The van der Waals surface area contributed by atoms with Crippen LogP contribution in [0.2, 0.25) is 0 Å². The Labute approximate surface area is 145 Å². The lowest BCUT2D eigenvalue weighted by molar-refractivity contribution is -0.148. The van der Waals surface area contributed by atoms with Gasteiger partial charge in [0.25, 0.3) is 0 Å². The Kier molecular flexibility index (Phi) is 6.63. The molecule has 0 saturated carbocycles. The number of ether oxygens (including phenoxy) is 1. The fourth-order valence-electron chi connectivity index (χ4n) is 4.06. The van der Waals surface area contributed by atoms with Crippen molar-refractivity contribution < 1.29 is 14.3 Å². The Morgan fingerprint density at radius 1 is 1.38 bits per heavy atom. The number of piperidine rings is 1. The second kappa shape index (κ2) is 8.30. The summed E-state index contributed by atoms with van der Waals surface area (Å²) >= 11 is 0. The maximum Gasteiger partial charge on any atom is 0.246 e. The molecule has 2 heterocycles. The maximum atomic E-state index is 13.0. The van der Waals surface area contributed by atoms with Gasteiger partial charge in [0.2, 0.25) is 11.8 Å². The molecule has 0 aromatic heterocycles. The summed E-state index contributed by atoms with van der Waals surface area (Å²) in [5.41, 5.74) is -0.678. The molecular formula is C18H33N3O3. The first-order valence-corrected chi connectivity index (χ1v) is 9.15. The second-order valence-electron chi connectivity index (χ2n) is 7.79. The molecule has 0 unspecified atom stereocenters. The molecule has 1 atom stereocenters. The van der Waals surface area contributed by atoms with Crippen LogP contribution in [0.3, 0.4) is 0 Å². The monoisotopic (exact) mass is 339 g/mol. The lowest BCUT2D eigenvalue weighted by Crippen LogP contribution is -2.63. The predicted molar refractivity (Wildman–Crippen MR) is 93.6 cm³/mol. The zero-order chi connectivity index (χ0) is 17.7. The molecule has 2 fully saturated rings. The minimum atomic E-state index is -0.678. The van der Waals surface area contributed by atoms with Gasteiger partial charge in [-0.2, -0.15) is 0 Å². The SMILES string of the molecule is COCCNC(=O)C1(N2C[C@@H](CC(C)C)CC2=O)CCN(C)CC1. The number of nitrogens with zero attached hydrogens (tertiary/aromatic N) is 2. The number of rotatable bonds is 7. The highest BCUT2D eigenvalue weighted by atomic mass is 16.5. The molecule has 1 N–H and O–H groups in total. The number of amides is 2. The van der Waals surface area contributed by atoms with Gasteiger partial charge in [0.15, 0.2) is 0 Å². The van der Waals surface area contributed by atoms with E-state index in [1.807, 2.05) is 4.90 Å². The number of likely N-dealkylation sites (tertiary alicyclic amines) is 2. The van der Waals surface area contributed by atoms with Crippen molar-refractivity contribution >= 4 is 11.8 Å². The van der Waals surface area contributed by atoms with Crippen LogP contribution in [0.1, 0.15) is 39.5 Å². The average molecular weight is 339 g/mol. The van der Waals surface area contributed by atoms with Gasteiger partial charge in [-0.15, -0.1) is 0 Å². The van der Waals surface area contributed by atoms with Crippen LogP contribution in [0.4, 0.5) is 0 Å². The molecule has 0 radical (unpaired) electrons. The number of hydrogen-bond donors (Lipinski definition) is 1. The molecule has 0 bridgehead atoms. The molecule has 0 aromatic rings. The highest BCUT2D eigenvalue weighted by Gasteiger charge is 2.50. The summed E-state index contributed by atoms with van der Waals surface area (Å²) < 4.78 is 5.03. The molecule has 24 heavy (non-hydrogen) atoms. The van der Waals surface area contributed by atoms with E-state index >= 15 is 0 Å². The third-order valence-corrected chi connectivity index (χ3v) is 5.36. The summed E-state index contributed by atoms with van der Waals surface area (Å²) in [6.45, 7) is 7.77. The van der Waals surface area contributed by atoms with Crippen molar-refractivity contribution in [3.05, 3.63) is 0 Å². The summed E-state index contributed by atoms with van der Waals surface area (Å²) in [6, 6.07) is 0. The minimum absolute atomic E-state index is 0.00815. The summed E-state index contributed by atoms with van der Waals surface area (Å²) in [6.07, 6.45) is 3.05. The molecule has 6 nitrogen and oxygen atoms in total. The lowest BCUT2D eigenvalue weighted by Gasteiger charge is -2.45. The summed E-state index contributed by atoms with van der Waals surface area (Å²) in [5.74, 6) is 1.09. The number of methoxy groups -OCH3 is 1. The first-order chi connectivity index (χ1) is 11.4. The van der Waals surface area contributed by atoms with Crippen LogP contribution < -0.4 is 5.32 Å². The van der Waals surface area contributed by atoms with E-state index in [0.717, 1.165) is 26.1 Å². The van der Waals surface area contributed by atoms with Crippen LogP contribution >= 0.6 is 0 Å². The van der Waals surface area contributed by atoms with Crippen molar-refractivity contribution in [2.24, 2.45) is 11.8 Å². The van der Waals surface area contributed by atoms with Crippen LogP contribution in [0.15, 0.2) is 0 Å². The van der Waals surface area contributed by atoms with Crippen molar-refractivity contribution in [3.8, 4) is 0 Å². The smallest absolute Gasteiger partial charge is 0.246 e. The highest BCUT2D eigenvalue weighted by molar-refractivity contribution is 5.92. The van der Waals surface area contributed by atoms with E-state index in [0.29, 0.717) is 44.2 Å². The Balaban J connectivity index is 2.13. The average Bonchev–Trinajstić information content (AvgIpc) is 2.88. The van der Waals surface area contributed by atoms with Gasteiger partial charge in [-0.1, -0.05) is 13.8 Å². The Bertz CT molecular complexity index is 445. The fourth-order valence-corrected chi connectivity index (χ4v) is 4.06. The molecule has 2 rings (SSSR count). The molecular weight excluding hydrogens is 306 g/mol. The minimum Gasteiger partial charge on any atom is -0.383 e. The highest BCUT2D eigenvalue weighted by Crippen LogP contribution is 2.36. The van der Waals surface area contributed by atoms with Crippen molar-refractivity contribution in [1.29, 1.82) is 0 Å². The Morgan fingerprint density at radius 3 is 2.62 bits per heavy atom. The van der Waals surface area contributed by atoms with E-state index in [4.69, 9.17) is 4.74 Å². The summed E-state index contributed by atoms with van der Waals surface area (Å²) in [4.78, 5) is 29.8. The van der Waals surface area contributed by atoms with Crippen molar-refractivity contribution in [2.75, 3.05) is 46.9 Å². The van der Waals surface area contributed by atoms with Gasteiger partial charge in [-0.25, -0.2) is 0 Å². The number of carbonyl (C=O) groups is 2. The first-order valence-electron chi connectivity index (χ1n) is 9.15. The fraction of sp³-hybridized carbons (Fsp3) is 0.889. The molecule has 2 aliphatic rings. The van der Waals surface area contributed by atoms with Gasteiger partial charge >= 0.3 is 0 Å². The van der Waals surface area contributed by atoms with Crippen molar-refractivity contribution in [2.45, 2.75) is 45.1 Å². The van der Waals surface area contributed by atoms with Gasteiger partial charge in [-0.05, 0) is 38.1 Å². The molecule has 138 valence electrons. The third kappa shape index (κ3) is 4.28. The van der Waals surface area contributed by atoms with E-state index in [9.17, 15) is 9.59 Å². The van der Waals surface area contributed by atoms with Gasteiger partial charge in [0.1, 0.15) is 5.54 Å². The van der Waals surface area contributed by atoms with Gasteiger partial charge < -0.3 is 19.9 Å². The van der Waals surface area contributed by atoms with Gasteiger partial charge in [0, 0.05) is 39.7 Å². The van der Waals surface area contributed by atoms with Crippen LogP contribution in [-0.2, 0) is 14.3 Å². The molecule has 6 heteroatoms. The second-order valence-corrected chi connectivity index (χ2v) is 7.79. The van der Waals surface area contributed by atoms with Gasteiger partial charge in [0.05, 0.1) is 6.61 Å². The number of hydrogen-bond acceptors (Lipinski definition) is 4. The Hall–Kier alpha value is -1.14. The zero-order valence-electron chi connectivity index (χ0n) is 15.6. The largest absolute Gasteiger partial charge is 0.383 e. The van der Waals surface area contributed by atoms with E-state index in [1.54, 1.807) is 7.11 Å².